The Kier molecular flexibility index (Phi) is 4.68. The quantitative estimate of drug-likeness (QED) is 0.848. The number of aliphatic hydroxyl groups is 1. The van der Waals surface area contributed by atoms with Gasteiger partial charge in [0.25, 0.3) is 5.91 Å². The lowest BCUT2D eigenvalue weighted by Crippen LogP contribution is -2.28. The fourth-order valence-electron chi connectivity index (χ4n) is 2.84. The number of rotatable bonds is 6. The Labute approximate surface area is 135 Å². The largest absolute Gasteiger partial charge is 0.395 e. The molecule has 2 heterocycles. The Hall–Kier alpha value is -2.25. The van der Waals surface area contributed by atoms with Gasteiger partial charge in [-0.05, 0) is 25.6 Å². The number of carbonyl (C=O) groups excluding carboxylic acids is 1. The number of hydrogen-bond donors (Lipinski definition) is 1. The molecule has 1 atom stereocenters. The molecule has 1 fully saturated rings. The van der Waals surface area contributed by atoms with E-state index in [1.807, 2.05) is 48.5 Å². The molecule has 7 heteroatoms. The Morgan fingerprint density at radius 3 is 2.87 bits per heavy atom. The zero-order chi connectivity index (χ0) is 16.2. The van der Waals surface area contributed by atoms with Crippen molar-refractivity contribution in [3.8, 4) is 0 Å². The molecule has 1 amide bonds. The monoisotopic (exact) mass is 315 g/mol. The van der Waals surface area contributed by atoms with Gasteiger partial charge in [-0.25, -0.2) is 4.68 Å². The average Bonchev–Trinajstić information content (AvgIpc) is 3.15. The van der Waals surface area contributed by atoms with Gasteiger partial charge >= 0.3 is 0 Å². The van der Waals surface area contributed by atoms with Crippen LogP contribution in [0.15, 0.2) is 36.5 Å². The summed E-state index contributed by atoms with van der Waals surface area (Å²) in [5, 5.41) is 17.2. The van der Waals surface area contributed by atoms with Gasteiger partial charge in [-0.3, -0.25) is 9.69 Å². The molecule has 0 bridgehead atoms. The van der Waals surface area contributed by atoms with Crippen LogP contribution in [0.1, 0.15) is 18.2 Å². The van der Waals surface area contributed by atoms with E-state index in [9.17, 15) is 4.79 Å². The molecule has 1 N–H and O–H groups in total. The number of amides is 1. The van der Waals surface area contributed by atoms with Gasteiger partial charge < -0.3 is 10.0 Å². The fourth-order valence-corrected chi connectivity index (χ4v) is 2.84. The smallest absolute Gasteiger partial charge is 0.251 e. The van der Waals surface area contributed by atoms with E-state index in [1.54, 1.807) is 9.58 Å². The fraction of sp³-hybridized carbons (Fsp3) is 0.438. The predicted molar refractivity (Wildman–Crippen MR) is 85.9 cm³/mol. The van der Waals surface area contributed by atoms with Crippen molar-refractivity contribution < 1.29 is 9.90 Å². The number of hydrogen-bond acceptors (Lipinski definition) is 5. The van der Waals surface area contributed by atoms with Crippen molar-refractivity contribution in [3.63, 3.8) is 0 Å². The summed E-state index contributed by atoms with van der Waals surface area (Å²) in [7, 11) is 1.91. The van der Waals surface area contributed by atoms with Gasteiger partial charge in [0.1, 0.15) is 6.04 Å². The molecular weight excluding hydrogens is 294 g/mol. The number of aromatic nitrogens is 3. The van der Waals surface area contributed by atoms with E-state index in [1.165, 1.54) is 0 Å². The maximum absolute atomic E-state index is 12.6. The lowest BCUT2D eigenvalue weighted by molar-refractivity contribution is -0.120. The van der Waals surface area contributed by atoms with Gasteiger partial charge in [0.15, 0.2) is 0 Å². The van der Waals surface area contributed by atoms with Gasteiger partial charge in [0, 0.05) is 25.3 Å². The molecule has 3 rings (SSSR count). The van der Waals surface area contributed by atoms with Gasteiger partial charge in [0.05, 0.1) is 18.5 Å². The first-order valence-electron chi connectivity index (χ1n) is 7.75. The Morgan fingerprint density at radius 2 is 2.13 bits per heavy atom. The Bertz CT molecular complexity index is 658. The number of likely N-dealkylation sites (N-methyl/N-ethyl adjacent to an activating group) is 1. The van der Waals surface area contributed by atoms with Crippen LogP contribution in [0.2, 0.25) is 0 Å². The zero-order valence-electron chi connectivity index (χ0n) is 13.2. The summed E-state index contributed by atoms with van der Waals surface area (Å²) in [5.74, 6) is 0.0522. The molecule has 23 heavy (non-hydrogen) atoms. The first kappa shape index (κ1) is 15.6. The van der Waals surface area contributed by atoms with E-state index in [-0.39, 0.29) is 18.6 Å². The second-order valence-corrected chi connectivity index (χ2v) is 5.78. The molecule has 1 aromatic heterocycles. The van der Waals surface area contributed by atoms with E-state index >= 15 is 0 Å². The highest BCUT2D eigenvalue weighted by molar-refractivity contribution is 5.98. The summed E-state index contributed by atoms with van der Waals surface area (Å²) < 4.78 is 1.66. The molecule has 0 spiro atoms. The minimum Gasteiger partial charge on any atom is -0.395 e. The van der Waals surface area contributed by atoms with Crippen molar-refractivity contribution in [3.05, 3.63) is 42.2 Å². The van der Waals surface area contributed by atoms with Gasteiger partial charge in [-0.2, -0.15) is 0 Å². The highest BCUT2D eigenvalue weighted by Crippen LogP contribution is 2.27. The summed E-state index contributed by atoms with van der Waals surface area (Å²) in [6, 6.07) is 9.39. The molecular formula is C16H21N5O2. The van der Waals surface area contributed by atoms with Crippen molar-refractivity contribution in [2.24, 2.45) is 0 Å². The highest BCUT2D eigenvalue weighted by Gasteiger charge is 2.34. The van der Waals surface area contributed by atoms with Crippen LogP contribution in [0.25, 0.3) is 0 Å². The zero-order valence-corrected chi connectivity index (χ0v) is 13.2. The number of benzene rings is 1. The summed E-state index contributed by atoms with van der Waals surface area (Å²) in [4.78, 5) is 16.4. The van der Waals surface area contributed by atoms with E-state index in [4.69, 9.17) is 5.11 Å². The van der Waals surface area contributed by atoms with Gasteiger partial charge in [-0.1, -0.05) is 23.4 Å². The maximum Gasteiger partial charge on any atom is 0.251 e. The van der Waals surface area contributed by atoms with Crippen LogP contribution in [-0.2, 0) is 11.3 Å². The standard InChI is InChI=1S/C16H21N5O2/c1-19(9-10-22)11-13-12-21(18-17-13)15-7-8-20(16(15)23)14-5-3-2-4-6-14/h2-6,12,15,22H,7-11H2,1H3. The molecule has 1 aromatic carbocycles. The first-order chi connectivity index (χ1) is 11.2. The third kappa shape index (κ3) is 3.40. The lowest BCUT2D eigenvalue weighted by Gasteiger charge is -2.16. The number of nitrogens with zero attached hydrogens (tertiary/aromatic N) is 5. The van der Waals surface area contributed by atoms with Crippen molar-refractivity contribution in [1.82, 2.24) is 19.9 Å². The SMILES string of the molecule is CN(CCO)Cc1cn(C2CCN(c3ccccc3)C2=O)nn1. The van der Waals surface area contributed by atoms with Crippen molar-refractivity contribution >= 4 is 11.6 Å². The molecule has 1 saturated heterocycles. The third-order valence-corrected chi connectivity index (χ3v) is 4.04. The molecule has 0 radical (unpaired) electrons. The lowest BCUT2D eigenvalue weighted by atomic mass is 10.2. The number of anilines is 1. The van der Waals surface area contributed by atoms with Crippen LogP contribution in [-0.4, -0.2) is 57.7 Å². The van der Waals surface area contributed by atoms with E-state index < -0.39 is 0 Å². The van der Waals surface area contributed by atoms with Crippen LogP contribution in [0, 0.1) is 0 Å². The topological polar surface area (TPSA) is 74.5 Å². The number of aliphatic hydroxyl groups excluding tert-OH is 1. The molecule has 1 aliphatic rings. The van der Waals surface area contributed by atoms with Crippen LogP contribution >= 0.6 is 0 Å². The molecule has 1 unspecified atom stereocenters. The predicted octanol–water partition coefficient (Wildman–Crippen LogP) is 0.680. The van der Waals surface area contributed by atoms with Crippen LogP contribution in [0.3, 0.4) is 0 Å². The highest BCUT2D eigenvalue weighted by atomic mass is 16.3. The number of para-hydroxylation sites is 1. The van der Waals surface area contributed by atoms with E-state index in [0.717, 1.165) is 17.8 Å². The second-order valence-electron chi connectivity index (χ2n) is 5.78. The second kappa shape index (κ2) is 6.89. The van der Waals surface area contributed by atoms with E-state index in [0.29, 0.717) is 19.6 Å². The molecule has 122 valence electrons. The van der Waals surface area contributed by atoms with Crippen molar-refractivity contribution in [2.75, 3.05) is 31.6 Å². The summed E-state index contributed by atoms with van der Waals surface area (Å²) >= 11 is 0. The summed E-state index contributed by atoms with van der Waals surface area (Å²) in [6.07, 6.45) is 2.55. The van der Waals surface area contributed by atoms with Crippen LogP contribution in [0.5, 0.6) is 0 Å². The maximum atomic E-state index is 12.6. The van der Waals surface area contributed by atoms with Crippen LogP contribution < -0.4 is 4.90 Å². The van der Waals surface area contributed by atoms with E-state index in [2.05, 4.69) is 10.3 Å². The first-order valence-corrected chi connectivity index (χ1v) is 7.75. The van der Waals surface area contributed by atoms with Crippen LogP contribution in [0.4, 0.5) is 5.69 Å². The third-order valence-electron chi connectivity index (χ3n) is 4.04. The molecule has 7 nitrogen and oxygen atoms in total. The minimum atomic E-state index is -0.292. The summed E-state index contributed by atoms with van der Waals surface area (Å²) in [5.41, 5.74) is 1.72. The summed E-state index contributed by atoms with van der Waals surface area (Å²) in [6.45, 7) is 1.98. The molecule has 2 aromatic rings. The molecule has 1 aliphatic heterocycles. The van der Waals surface area contributed by atoms with Gasteiger partial charge in [0.2, 0.25) is 0 Å². The van der Waals surface area contributed by atoms with Crippen molar-refractivity contribution in [1.29, 1.82) is 0 Å². The van der Waals surface area contributed by atoms with Gasteiger partial charge in [-0.15, -0.1) is 5.10 Å². The Morgan fingerprint density at radius 1 is 1.35 bits per heavy atom. The van der Waals surface area contributed by atoms with Crippen molar-refractivity contribution in [2.45, 2.75) is 19.0 Å². The average molecular weight is 315 g/mol. The normalized spacial score (nSPS) is 18.1. The Balaban J connectivity index is 1.69. The minimum absolute atomic E-state index is 0.0522. The molecule has 0 aliphatic carbocycles. The molecule has 0 saturated carbocycles. The number of carbonyl (C=O) groups is 1.